The van der Waals surface area contributed by atoms with E-state index < -0.39 is 23.7 Å². The number of aliphatic carboxylic acids is 1. The molecule has 0 amide bonds. The van der Waals surface area contributed by atoms with Gasteiger partial charge in [-0.2, -0.15) is 0 Å². The first kappa shape index (κ1) is 21.3. The molecule has 2 aromatic rings. The third kappa shape index (κ3) is 4.26. The van der Waals surface area contributed by atoms with Gasteiger partial charge >= 0.3 is 5.97 Å². The second kappa shape index (κ2) is 9.03. The smallest absolute Gasteiger partial charge is 0.304 e. The quantitative estimate of drug-likeness (QED) is 0.624. The first-order valence-electron chi connectivity index (χ1n) is 10.7. The van der Waals surface area contributed by atoms with E-state index in [1.165, 1.54) is 6.20 Å². The highest BCUT2D eigenvalue weighted by Crippen LogP contribution is 2.37. The van der Waals surface area contributed by atoms with Crippen LogP contribution in [0.15, 0.2) is 36.5 Å². The number of ether oxygens (including phenoxy) is 2. The summed E-state index contributed by atoms with van der Waals surface area (Å²) in [5.41, 5.74) is 0.931. The van der Waals surface area contributed by atoms with Crippen molar-refractivity contribution >= 4 is 17.4 Å². The summed E-state index contributed by atoms with van der Waals surface area (Å²) >= 11 is 0. The molecule has 0 bridgehead atoms. The fraction of sp³-hybridized carbons (Fsp3) is 0.435. The van der Waals surface area contributed by atoms with Crippen LogP contribution in [-0.4, -0.2) is 40.6 Å². The average molecular weight is 426 g/mol. The van der Waals surface area contributed by atoms with Crippen molar-refractivity contribution in [2.24, 2.45) is 0 Å². The van der Waals surface area contributed by atoms with Crippen molar-refractivity contribution in [2.75, 3.05) is 6.61 Å². The zero-order chi connectivity index (χ0) is 22.0. The van der Waals surface area contributed by atoms with Crippen LogP contribution in [0.3, 0.4) is 0 Å². The van der Waals surface area contributed by atoms with E-state index in [9.17, 15) is 19.9 Å². The maximum Gasteiger partial charge on any atom is 0.304 e. The van der Waals surface area contributed by atoms with E-state index in [1.54, 1.807) is 30.3 Å². The molecule has 1 aliphatic carbocycles. The van der Waals surface area contributed by atoms with E-state index in [0.717, 1.165) is 25.7 Å². The van der Waals surface area contributed by atoms with Crippen LogP contribution in [0, 0.1) is 5.21 Å². The molecule has 1 saturated carbocycles. The van der Waals surface area contributed by atoms with Crippen molar-refractivity contribution in [3.63, 3.8) is 0 Å². The summed E-state index contributed by atoms with van der Waals surface area (Å²) in [7, 11) is 0. The Labute approximate surface area is 180 Å². The van der Waals surface area contributed by atoms with Crippen molar-refractivity contribution < 1.29 is 29.2 Å². The fourth-order valence-electron chi connectivity index (χ4n) is 4.52. The molecular weight excluding hydrogens is 400 g/mol. The van der Waals surface area contributed by atoms with Crippen molar-refractivity contribution in [1.82, 2.24) is 4.98 Å². The molecule has 1 aliphatic heterocycles. The fourth-order valence-corrected chi connectivity index (χ4v) is 4.52. The van der Waals surface area contributed by atoms with Crippen LogP contribution in [-0.2, 0) is 4.79 Å². The Morgan fingerprint density at radius 2 is 2.06 bits per heavy atom. The van der Waals surface area contributed by atoms with Crippen molar-refractivity contribution in [3.8, 4) is 11.5 Å². The molecule has 2 heterocycles. The molecule has 31 heavy (non-hydrogen) atoms. The molecule has 0 radical (unpaired) electrons. The number of carbonyl (C=O) groups excluding carboxylic acids is 1. The number of aromatic nitrogens is 1. The van der Waals surface area contributed by atoms with Crippen molar-refractivity contribution in [2.45, 2.75) is 57.1 Å². The van der Waals surface area contributed by atoms with Crippen LogP contribution in [0.25, 0.3) is 0 Å². The lowest BCUT2D eigenvalue weighted by Gasteiger charge is -2.30. The monoisotopic (exact) mass is 426 g/mol. The SMILES string of the molecule is CCOc1ccc(C(CC(=O)O)C2C(=O)c3ncccc3[NH+]2[O-])cc1OC1CCCC1. The summed E-state index contributed by atoms with van der Waals surface area (Å²) in [6.45, 7) is 2.33. The number of pyridine rings is 1. The Bertz CT molecular complexity index is 972. The number of hydrogen-bond donors (Lipinski definition) is 2. The molecule has 3 atom stereocenters. The van der Waals surface area contributed by atoms with Crippen molar-refractivity contribution in [3.05, 3.63) is 53.0 Å². The maximum absolute atomic E-state index is 13.0. The molecule has 0 spiro atoms. The van der Waals surface area contributed by atoms with Gasteiger partial charge in [0.05, 0.1) is 25.0 Å². The highest BCUT2D eigenvalue weighted by molar-refractivity contribution is 6.04. The lowest BCUT2D eigenvalue weighted by molar-refractivity contribution is -0.792. The standard InChI is InChI=1S/C23H26N2O6/c1-2-30-18-10-9-14(12-19(18)31-15-6-3-4-7-15)16(13-20(26)27)22-23(28)21-17(25(22)29)8-5-11-24-21/h5,8-12,15-16,22,25H,2-4,6-7,13H2,1H3,(H,26,27). The summed E-state index contributed by atoms with van der Waals surface area (Å²) in [5, 5.41) is 22.2. The van der Waals surface area contributed by atoms with Gasteiger partial charge in [-0.05, 0) is 56.4 Å². The molecule has 0 saturated heterocycles. The minimum absolute atomic E-state index is 0.0792. The second-order valence-corrected chi connectivity index (χ2v) is 7.97. The zero-order valence-corrected chi connectivity index (χ0v) is 17.4. The highest BCUT2D eigenvalue weighted by Gasteiger charge is 2.46. The first-order valence-corrected chi connectivity index (χ1v) is 10.7. The Kier molecular flexibility index (Phi) is 6.20. The van der Waals surface area contributed by atoms with E-state index in [4.69, 9.17) is 9.47 Å². The van der Waals surface area contributed by atoms with E-state index >= 15 is 0 Å². The Balaban J connectivity index is 1.71. The number of carboxylic acid groups (broad SMARTS) is 1. The molecule has 4 rings (SSSR count). The Morgan fingerprint density at radius 1 is 1.29 bits per heavy atom. The topological polar surface area (TPSA) is 113 Å². The van der Waals surface area contributed by atoms with E-state index in [1.807, 2.05) is 6.92 Å². The molecule has 1 fully saturated rings. The normalized spacial score (nSPS) is 21.7. The minimum Gasteiger partial charge on any atom is -0.628 e. The number of fused-ring (bicyclic) bond motifs is 1. The van der Waals surface area contributed by atoms with E-state index in [0.29, 0.717) is 23.7 Å². The van der Waals surface area contributed by atoms with Gasteiger partial charge in [-0.25, -0.2) is 4.98 Å². The van der Waals surface area contributed by atoms with Gasteiger partial charge in [0.15, 0.2) is 28.9 Å². The number of hydrogen-bond acceptors (Lipinski definition) is 6. The van der Waals surface area contributed by atoms with Crippen LogP contribution < -0.4 is 14.5 Å². The molecule has 8 heteroatoms. The van der Waals surface area contributed by atoms with Crippen LogP contribution in [0.2, 0.25) is 0 Å². The lowest BCUT2D eigenvalue weighted by atomic mass is 9.86. The largest absolute Gasteiger partial charge is 0.628 e. The number of nitrogens with zero attached hydrogens (tertiary/aromatic N) is 1. The number of carboxylic acids is 1. The van der Waals surface area contributed by atoms with Crippen LogP contribution in [0.1, 0.15) is 61.0 Å². The maximum atomic E-state index is 13.0. The molecule has 2 aliphatic rings. The number of rotatable bonds is 8. The summed E-state index contributed by atoms with van der Waals surface area (Å²) in [6, 6.07) is 7.23. The number of nitrogens with one attached hydrogen (secondary N) is 1. The minimum atomic E-state index is -1.11. The summed E-state index contributed by atoms with van der Waals surface area (Å²) in [5.74, 6) is -1.25. The van der Waals surface area contributed by atoms with Gasteiger partial charge in [-0.1, -0.05) is 6.07 Å². The molecular formula is C23H26N2O6. The van der Waals surface area contributed by atoms with Gasteiger partial charge in [-0.15, -0.1) is 0 Å². The molecule has 164 valence electrons. The highest BCUT2D eigenvalue weighted by atomic mass is 16.5. The lowest BCUT2D eigenvalue weighted by Crippen LogP contribution is -3.06. The van der Waals surface area contributed by atoms with Crippen molar-refractivity contribution in [1.29, 1.82) is 0 Å². The number of quaternary nitrogens is 1. The summed E-state index contributed by atoms with van der Waals surface area (Å²) in [6.07, 6.45) is 5.30. The number of benzene rings is 1. The van der Waals surface area contributed by atoms with Gasteiger partial charge in [-0.3, -0.25) is 9.59 Å². The predicted octanol–water partition coefficient (Wildman–Crippen LogP) is 2.64. The van der Waals surface area contributed by atoms with Crippen LogP contribution >= 0.6 is 0 Å². The van der Waals surface area contributed by atoms with Crippen LogP contribution in [0.4, 0.5) is 5.69 Å². The molecule has 2 N–H and O–H groups in total. The summed E-state index contributed by atoms with van der Waals surface area (Å²) in [4.78, 5) is 28.7. The van der Waals surface area contributed by atoms with E-state index in [2.05, 4.69) is 4.98 Å². The van der Waals surface area contributed by atoms with Gasteiger partial charge < -0.3 is 24.9 Å². The second-order valence-electron chi connectivity index (χ2n) is 7.97. The first-order chi connectivity index (χ1) is 15.0. The molecule has 8 nitrogen and oxygen atoms in total. The predicted molar refractivity (Wildman–Crippen MR) is 112 cm³/mol. The molecule has 3 unspecified atom stereocenters. The van der Waals surface area contributed by atoms with Gasteiger partial charge in [0.25, 0.3) is 0 Å². The molecule has 1 aromatic heterocycles. The number of hydroxylamine groups is 1. The summed E-state index contributed by atoms with van der Waals surface area (Å²) < 4.78 is 11.9. The van der Waals surface area contributed by atoms with Gasteiger partial charge in [0, 0.05) is 12.3 Å². The number of ketones is 1. The van der Waals surface area contributed by atoms with Gasteiger partial charge in [0.2, 0.25) is 5.78 Å². The average Bonchev–Trinajstić information content (AvgIpc) is 3.35. The van der Waals surface area contributed by atoms with Gasteiger partial charge in [0.1, 0.15) is 0 Å². The number of carbonyl (C=O) groups is 2. The van der Waals surface area contributed by atoms with Crippen LogP contribution in [0.5, 0.6) is 11.5 Å². The Morgan fingerprint density at radius 3 is 2.74 bits per heavy atom. The zero-order valence-electron chi connectivity index (χ0n) is 17.4. The Hall–Kier alpha value is -2.97. The third-order valence-corrected chi connectivity index (χ3v) is 5.96. The van der Waals surface area contributed by atoms with E-state index in [-0.39, 0.29) is 29.0 Å². The number of Topliss-reactive ketones (excluding diaryl/α,β-unsaturated/α-hetero) is 1. The molecule has 1 aromatic carbocycles. The third-order valence-electron chi connectivity index (χ3n) is 5.96.